The zero-order valence-corrected chi connectivity index (χ0v) is 34.8. The molecule has 0 bridgehead atoms. The van der Waals surface area contributed by atoms with Crippen LogP contribution in [-0.2, 0) is 27.3 Å². The number of pyridine rings is 1. The van der Waals surface area contributed by atoms with Crippen LogP contribution in [0.25, 0.3) is 10.6 Å². The second kappa shape index (κ2) is 20.5. The summed E-state index contributed by atoms with van der Waals surface area (Å²) in [4.78, 5) is 66.5. The number of urea groups is 1. The van der Waals surface area contributed by atoms with Gasteiger partial charge in [-0.3, -0.25) is 20.0 Å². The van der Waals surface area contributed by atoms with Crippen LogP contribution < -0.4 is 16.1 Å². The van der Waals surface area contributed by atoms with E-state index in [9.17, 15) is 24.3 Å². The number of hydrogen-bond acceptors (Lipinski definition) is 10. The Bertz CT molecular complexity index is 1720. The number of aliphatic hydroxyl groups is 1. The van der Waals surface area contributed by atoms with Crippen LogP contribution in [0.3, 0.4) is 0 Å². The van der Waals surface area contributed by atoms with Gasteiger partial charge in [0.1, 0.15) is 17.1 Å². The molecular weight excluding hydrogens is 733 g/mol. The van der Waals surface area contributed by atoms with E-state index in [0.717, 1.165) is 21.8 Å². The first-order chi connectivity index (χ1) is 26.6. The van der Waals surface area contributed by atoms with Gasteiger partial charge in [-0.2, -0.15) is 0 Å². The summed E-state index contributed by atoms with van der Waals surface area (Å²) in [6, 6.07) is 10.7. The van der Waals surface area contributed by atoms with Crippen LogP contribution in [0.5, 0.6) is 0 Å². The summed E-state index contributed by atoms with van der Waals surface area (Å²) < 4.78 is 4.78. The zero-order chi connectivity index (χ0) is 41.0. The van der Waals surface area contributed by atoms with E-state index in [1.165, 1.54) is 18.4 Å². The molecule has 0 unspecified atom stereocenters. The molecule has 0 spiro atoms. The number of amides is 5. The normalized spacial score (nSPS) is 16.0. The second-order valence-corrected chi connectivity index (χ2v) is 16.9. The molecule has 14 nitrogen and oxygen atoms in total. The number of nitrogens with one attached hydrogen (secondary N) is 3. The molecule has 306 valence electrons. The number of ether oxygens (including phenoxy) is 1. The Balaban J connectivity index is 1.53. The van der Waals surface area contributed by atoms with E-state index >= 15 is 0 Å². The van der Waals surface area contributed by atoms with Gasteiger partial charge in [0.15, 0.2) is 0 Å². The molecule has 1 saturated heterocycles. The third kappa shape index (κ3) is 12.5. The summed E-state index contributed by atoms with van der Waals surface area (Å²) >= 11 is 1.50. The minimum atomic E-state index is -1.13. The van der Waals surface area contributed by atoms with Crippen LogP contribution in [0, 0.1) is 17.3 Å². The lowest BCUT2D eigenvalue weighted by Crippen LogP contribution is -2.60. The molecule has 5 amide bonds. The fraction of sp³-hybridized carbons (Fsp3) is 0.561. The van der Waals surface area contributed by atoms with E-state index in [0.29, 0.717) is 51.4 Å². The molecule has 56 heavy (non-hydrogen) atoms. The summed E-state index contributed by atoms with van der Waals surface area (Å²) in [7, 11) is 1.24. The molecule has 3 aromatic rings. The lowest BCUT2D eigenvalue weighted by atomic mass is 9.86. The predicted molar refractivity (Wildman–Crippen MR) is 217 cm³/mol. The van der Waals surface area contributed by atoms with Crippen LogP contribution in [0.2, 0.25) is 0 Å². The van der Waals surface area contributed by atoms with Crippen LogP contribution >= 0.6 is 11.3 Å². The number of nitrogens with zero attached hydrogens (tertiary/aromatic N) is 5. The van der Waals surface area contributed by atoms with Crippen molar-refractivity contribution < 1.29 is 29.0 Å². The Morgan fingerprint density at radius 3 is 2.39 bits per heavy atom. The smallest absolute Gasteiger partial charge is 0.407 e. The van der Waals surface area contributed by atoms with Crippen molar-refractivity contribution in [2.24, 2.45) is 17.3 Å². The molecule has 1 aliphatic rings. The SMILES string of the molecule is CC[C@H](C)[C@@H](C(=O)N[C@@H](Cc1ccccc1)[C@@H](O)CN(CCC(C)C)NC(=O)[C@@H](NC(=O)OC)C(C)(C)C)N1CCN(Cc2csc(-c3cccnc3)n2)C1=O. The minimum absolute atomic E-state index is 0.00950. The number of aromatic nitrogens is 2. The minimum Gasteiger partial charge on any atom is -0.453 e. The Hall–Kier alpha value is -4.60. The first-order valence-corrected chi connectivity index (χ1v) is 20.3. The number of hydrogen-bond donors (Lipinski definition) is 4. The Morgan fingerprint density at radius 2 is 1.77 bits per heavy atom. The summed E-state index contributed by atoms with van der Waals surface area (Å²) in [5.41, 5.74) is 4.86. The van der Waals surface area contributed by atoms with E-state index in [1.807, 2.05) is 82.5 Å². The number of rotatable bonds is 19. The molecule has 3 heterocycles. The van der Waals surface area contributed by atoms with Crippen molar-refractivity contribution in [3.05, 3.63) is 71.5 Å². The number of thiazole rings is 1. The van der Waals surface area contributed by atoms with Crippen molar-refractivity contribution >= 4 is 35.3 Å². The number of carbonyl (C=O) groups excluding carboxylic acids is 4. The molecule has 0 radical (unpaired) electrons. The summed E-state index contributed by atoms with van der Waals surface area (Å²) in [6.45, 7) is 15.1. The van der Waals surface area contributed by atoms with Gasteiger partial charge in [0.25, 0.3) is 5.91 Å². The van der Waals surface area contributed by atoms with E-state index in [2.05, 4.69) is 34.9 Å². The predicted octanol–water partition coefficient (Wildman–Crippen LogP) is 5.10. The lowest BCUT2D eigenvalue weighted by molar-refractivity contribution is -0.132. The number of carbonyl (C=O) groups is 4. The average Bonchev–Trinajstić information content (AvgIpc) is 3.78. The Morgan fingerprint density at radius 1 is 1.04 bits per heavy atom. The first kappa shape index (κ1) is 44.1. The summed E-state index contributed by atoms with van der Waals surface area (Å²) in [6.07, 6.45) is 3.29. The molecule has 1 fully saturated rings. The maximum atomic E-state index is 14.4. The van der Waals surface area contributed by atoms with Crippen LogP contribution in [0.1, 0.15) is 72.6 Å². The number of methoxy groups -OCH3 is 1. The van der Waals surface area contributed by atoms with Crippen molar-refractivity contribution in [1.29, 1.82) is 0 Å². The van der Waals surface area contributed by atoms with E-state index < -0.39 is 41.6 Å². The number of hydrazine groups is 1. The molecule has 1 aliphatic heterocycles. The average molecular weight is 793 g/mol. The second-order valence-electron chi connectivity index (χ2n) is 16.0. The first-order valence-electron chi connectivity index (χ1n) is 19.4. The largest absolute Gasteiger partial charge is 0.453 e. The maximum absolute atomic E-state index is 14.4. The lowest BCUT2D eigenvalue weighted by Gasteiger charge is -2.36. The Kier molecular flexibility index (Phi) is 16.2. The Labute approximate surface area is 335 Å². The molecule has 5 atom stereocenters. The van der Waals surface area contributed by atoms with Gasteiger partial charge in [0.05, 0.1) is 31.5 Å². The number of alkyl carbamates (subject to hydrolysis) is 1. The van der Waals surface area contributed by atoms with Crippen molar-refractivity contribution in [3.8, 4) is 10.6 Å². The molecule has 15 heteroatoms. The topological polar surface area (TPSA) is 169 Å². The molecule has 2 aromatic heterocycles. The van der Waals surface area contributed by atoms with Crippen LogP contribution in [0.15, 0.2) is 60.2 Å². The fourth-order valence-electron chi connectivity index (χ4n) is 6.59. The fourth-order valence-corrected chi connectivity index (χ4v) is 7.39. The highest BCUT2D eigenvalue weighted by Gasteiger charge is 2.41. The van der Waals surface area contributed by atoms with Crippen LogP contribution in [0.4, 0.5) is 9.59 Å². The molecule has 4 rings (SSSR count). The zero-order valence-electron chi connectivity index (χ0n) is 34.0. The summed E-state index contributed by atoms with van der Waals surface area (Å²) in [5.74, 6) is -0.689. The molecule has 0 saturated carbocycles. The monoisotopic (exact) mass is 792 g/mol. The molecule has 1 aromatic carbocycles. The number of aliphatic hydroxyl groups excluding tert-OH is 1. The van der Waals surface area contributed by atoms with Crippen molar-refractivity contribution in [2.75, 3.05) is 33.3 Å². The van der Waals surface area contributed by atoms with E-state index in [1.54, 1.807) is 27.2 Å². The van der Waals surface area contributed by atoms with Crippen molar-refractivity contribution in [3.63, 3.8) is 0 Å². The third-order valence-corrected chi connectivity index (χ3v) is 11.0. The van der Waals surface area contributed by atoms with Gasteiger partial charge in [-0.25, -0.2) is 19.6 Å². The van der Waals surface area contributed by atoms with Gasteiger partial charge in [-0.15, -0.1) is 11.3 Å². The highest BCUT2D eigenvalue weighted by molar-refractivity contribution is 7.13. The maximum Gasteiger partial charge on any atom is 0.407 e. The van der Waals surface area contributed by atoms with Gasteiger partial charge in [-0.1, -0.05) is 85.2 Å². The highest BCUT2D eigenvalue weighted by atomic mass is 32.1. The van der Waals surface area contributed by atoms with Gasteiger partial charge in [0.2, 0.25) is 5.91 Å². The highest BCUT2D eigenvalue weighted by Crippen LogP contribution is 2.26. The third-order valence-electron chi connectivity index (χ3n) is 10.0. The van der Waals surface area contributed by atoms with Crippen molar-refractivity contribution in [1.82, 2.24) is 40.8 Å². The van der Waals surface area contributed by atoms with Gasteiger partial charge >= 0.3 is 12.1 Å². The van der Waals surface area contributed by atoms with Crippen LogP contribution in [-0.4, -0.2) is 111 Å². The summed E-state index contributed by atoms with van der Waals surface area (Å²) in [5, 5.41) is 22.1. The van der Waals surface area contributed by atoms with E-state index in [4.69, 9.17) is 9.72 Å². The van der Waals surface area contributed by atoms with Gasteiger partial charge < -0.3 is 30.3 Å². The molecule has 4 N–H and O–H groups in total. The standard InChI is InChI=1S/C41H60N8O6S/c1-9-28(4)34(49-21-20-47(40(49)54)24-31-26-56-38(43-31)30-16-13-18-42-23-30)36(51)44-32(22-29-14-11-10-12-15-29)33(50)25-48(19-17-27(2)3)46-37(52)35(41(5,6)7)45-39(53)55-8/h10-16,18,23,26-28,32-35,50H,9,17,19-22,24-25H2,1-8H3,(H,44,51)(H,45,53)(H,46,52)/t28-,32-,33-,34-,35+/m0/s1. The van der Waals surface area contributed by atoms with Gasteiger partial charge in [0, 0.05) is 49.5 Å². The number of benzene rings is 1. The molecule has 0 aliphatic carbocycles. The van der Waals surface area contributed by atoms with Gasteiger partial charge in [-0.05, 0) is 47.8 Å². The molecular formula is C41H60N8O6S. The van der Waals surface area contributed by atoms with Crippen molar-refractivity contribution in [2.45, 2.75) is 98.5 Å². The quantitative estimate of drug-likeness (QED) is 0.121. The van der Waals surface area contributed by atoms with E-state index in [-0.39, 0.29) is 24.4 Å².